The maximum absolute atomic E-state index is 12.4. The van der Waals surface area contributed by atoms with Crippen molar-refractivity contribution in [1.82, 2.24) is 4.72 Å². The van der Waals surface area contributed by atoms with Crippen molar-refractivity contribution in [1.29, 1.82) is 0 Å². The minimum Gasteiger partial charge on any atom is -0.497 e. The van der Waals surface area contributed by atoms with Crippen LogP contribution in [0.25, 0.3) is 0 Å². The first-order valence-corrected chi connectivity index (χ1v) is 8.86. The summed E-state index contributed by atoms with van der Waals surface area (Å²) in [6.45, 7) is 1.78. The highest BCUT2D eigenvalue weighted by atomic mass is 32.2. The van der Waals surface area contributed by atoms with Crippen molar-refractivity contribution < 1.29 is 17.9 Å². The minimum absolute atomic E-state index is 0.0650. The van der Waals surface area contributed by atoms with Gasteiger partial charge in [-0.25, -0.2) is 13.1 Å². The quantitative estimate of drug-likeness (QED) is 0.845. The van der Waals surface area contributed by atoms with Crippen LogP contribution in [0, 0.1) is 0 Å². The largest absolute Gasteiger partial charge is 0.497 e. The highest BCUT2D eigenvalue weighted by Gasteiger charge is 2.19. The second-order valence-corrected chi connectivity index (χ2v) is 6.95. The Bertz CT molecular complexity index is 744. The fraction of sp³-hybridized carbons (Fsp3) is 0.294. The normalized spacial score (nSPS) is 12.7. The summed E-state index contributed by atoms with van der Waals surface area (Å²) in [6.07, 6.45) is 0. The van der Waals surface area contributed by atoms with E-state index in [0.29, 0.717) is 11.5 Å². The molecule has 0 aromatic heterocycles. The summed E-state index contributed by atoms with van der Waals surface area (Å²) in [5, 5.41) is 0. The molecule has 2 rings (SSSR count). The lowest BCUT2D eigenvalue weighted by molar-refractivity contribution is 0.395. The van der Waals surface area contributed by atoms with Gasteiger partial charge >= 0.3 is 0 Å². The van der Waals surface area contributed by atoms with Crippen LogP contribution in [-0.2, 0) is 15.8 Å². The Labute approximate surface area is 137 Å². The molecule has 0 heterocycles. The van der Waals surface area contributed by atoms with Gasteiger partial charge in [0.2, 0.25) is 10.0 Å². The van der Waals surface area contributed by atoms with Gasteiger partial charge in [-0.05, 0) is 30.7 Å². The zero-order valence-electron chi connectivity index (χ0n) is 13.4. The third-order valence-corrected chi connectivity index (χ3v) is 4.89. The molecule has 0 radical (unpaired) electrons. The molecule has 0 amide bonds. The van der Waals surface area contributed by atoms with Crippen molar-refractivity contribution in [3.63, 3.8) is 0 Å². The third kappa shape index (κ3) is 4.71. The fourth-order valence-electron chi connectivity index (χ4n) is 2.35. The zero-order valence-corrected chi connectivity index (χ0v) is 14.3. The van der Waals surface area contributed by atoms with Crippen molar-refractivity contribution >= 4 is 10.0 Å². The molecule has 1 N–H and O–H groups in total. The highest BCUT2D eigenvalue weighted by Crippen LogP contribution is 2.29. The van der Waals surface area contributed by atoms with E-state index in [1.54, 1.807) is 51.5 Å². The molecule has 0 bridgehead atoms. The average Bonchev–Trinajstić information content (AvgIpc) is 2.54. The number of nitrogens with one attached hydrogen (secondary N) is 1. The summed E-state index contributed by atoms with van der Waals surface area (Å²) < 4.78 is 37.9. The Kier molecular flexibility index (Phi) is 5.63. The van der Waals surface area contributed by atoms with Crippen molar-refractivity contribution in [3.05, 3.63) is 59.7 Å². The number of hydrogen-bond acceptors (Lipinski definition) is 4. The molecule has 124 valence electrons. The number of sulfonamides is 1. The monoisotopic (exact) mass is 335 g/mol. The lowest BCUT2D eigenvalue weighted by Crippen LogP contribution is -2.28. The molecule has 0 fully saturated rings. The smallest absolute Gasteiger partial charge is 0.216 e. The third-order valence-electron chi connectivity index (χ3n) is 3.46. The molecule has 23 heavy (non-hydrogen) atoms. The van der Waals surface area contributed by atoms with Crippen LogP contribution in [0.3, 0.4) is 0 Å². The van der Waals surface area contributed by atoms with E-state index in [1.165, 1.54) is 0 Å². The lowest BCUT2D eigenvalue weighted by atomic mass is 10.1. The molecule has 0 unspecified atom stereocenters. The van der Waals surface area contributed by atoms with Gasteiger partial charge in [0.25, 0.3) is 0 Å². The molecule has 5 nitrogen and oxygen atoms in total. The molecule has 0 aliphatic heterocycles. The summed E-state index contributed by atoms with van der Waals surface area (Å²) >= 11 is 0. The van der Waals surface area contributed by atoms with Gasteiger partial charge < -0.3 is 9.47 Å². The Morgan fingerprint density at radius 1 is 1.04 bits per heavy atom. The van der Waals surface area contributed by atoms with E-state index < -0.39 is 16.1 Å². The van der Waals surface area contributed by atoms with Crippen molar-refractivity contribution in [3.8, 4) is 11.5 Å². The number of hydrogen-bond donors (Lipinski definition) is 1. The van der Waals surface area contributed by atoms with Crippen LogP contribution in [0.5, 0.6) is 11.5 Å². The summed E-state index contributed by atoms with van der Waals surface area (Å²) in [4.78, 5) is 0. The Hall–Kier alpha value is -2.05. The standard InChI is InChI=1S/C17H21NO4S/c1-13(16-11-15(21-2)9-10-17(16)22-3)18-23(19,20)12-14-7-5-4-6-8-14/h4-11,13,18H,12H2,1-3H3/t13-/m1/s1. The van der Waals surface area contributed by atoms with Crippen LogP contribution >= 0.6 is 0 Å². The van der Waals surface area contributed by atoms with Gasteiger partial charge in [-0.1, -0.05) is 30.3 Å². The Morgan fingerprint density at radius 2 is 1.74 bits per heavy atom. The predicted octanol–water partition coefficient (Wildman–Crippen LogP) is 2.88. The van der Waals surface area contributed by atoms with E-state index in [4.69, 9.17) is 9.47 Å². The second kappa shape index (κ2) is 7.48. The second-order valence-electron chi connectivity index (χ2n) is 5.19. The maximum Gasteiger partial charge on any atom is 0.216 e. The predicted molar refractivity (Wildman–Crippen MR) is 90.2 cm³/mol. The first-order chi connectivity index (χ1) is 10.9. The van der Waals surface area contributed by atoms with Gasteiger partial charge in [-0.3, -0.25) is 0 Å². The summed E-state index contributed by atoms with van der Waals surface area (Å²) in [5.74, 6) is 1.19. The molecule has 0 saturated carbocycles. The van der Waals surface area contributed by atoms with E-state index >= 15 is 0 Å². The van der Waals surface area contributed by atoms with E-state index in [1.807, 2.05) is 18.2 Å². The Balaban J connectivity index is 2.19. The van der Waals surface area contributed by atoms with Crippen LogP contribution in [0.15, 0.2) is 48.5 Å². The van der Waals surface area contributed by atoms with Crippen molar-refractivity contribution in [2.24, 2.45) is 0 Å². The van der Waals surface area contributed by atoms with Gasteiger partial charge in [-0.15, -0.1) is 0 Å². The molecular weight excluding hydrogens is 314 g/mol. The molecule has 1 atom stereocenters. The van der Waals surface area contributed by atoms with E-state index in [-0.39, 0.29) is 5.75 Å². The first-order valence-electron chi connectivity index (χ1n) is 7.21. The number of rotatable bonds is 7. The van der Waals surface area contributed by atoms with Crippen LogP contribution in [0.1, 0.15) is 24.1 Å². The number of ether oxygens (including phenoxy) is 2. The van der Waals surface area contributed by atoms with E-state index in [9.17, 15) is 8.42 Å². The lowest BCUT2D eigenvalue weighted by Gasteiger charge is -2.18. The SMILES string of the molecule is COc1ccc(OC)c([C@@H](C)NS(=O)(=O)Cc2ccccc2)c1. The molecule has 0 saturated heterocycles. The number of methoxy groups -OCH3 is 2. The number of benzene rings is 2. The fourth-order valence-corrected chi connectivity index (χ4v) is 3.73. The zero-order chi connectivity index (χ0) is 16.9. The summed E-state index contributed by atoms with van der Waals surface area (Å²) in [6, 6.07) is 13.9. The van der Waals surface area contributed by atoms with E-state index in [2.05, 4.69) is 4.72 Å². The molecule has 0 aliphatic carbocycles. The van der Waals surface area contributed by atoms with Crippen LogP contribution in [-0.4, -0.2) is 22.6 Å². The summed E-state index contributed by atoms with van der Waals surface area (Å²) in [5.41, 5.74) is 1.47. The molecule has 2 aromatic carbocycles. The van der Waals surface area contributed by atoms with Gasteiger partial charge in [-0.2, -0.15) is 0 Å². The van der Waals surface area contributed by atoms with Gasteiger partial charge in [0, 0.05) is 11.6 Å². The van der Waals surface area contributed by atoms with Crippen LogP contribution < -0.4 is 14.2 Å². The molecule has 2 aromatic rings. The molecule has 6 heteroatoms. The topological polar surface area (TPSA) is 64.6 Å². The average molecular weight is 335 g/mol. The first kappa shape index (κ1) is 17.3. The highest BCUT2D eigenvalue weighted by molar-refractivity contribution is 7.88. The molecule has 0 spiro atoms. The van der Waals surface area contributed by atoms with Gasteiger partial charge in [0.1, 0.15) is 11.5 Å². The van der Waals surface area contributed by atoms with Gasteiger partial charge in [0.15, 0.2) is 0 Å². The van der Waals surface area contributed by atoms with Crippen LogP contribution in [0.4, 0.5) is 0 Å². The van der Waals surface area contributed by atoms with E-state index in [0.717, 1.165) is 11.1 Å². The minimum atomic E-state index is -3.47. The Morgan fingerprint density at radius 3 is 2.35 bits per heavy atom. The molecular formula is C17H21NO4S. The van der Waals surface area contributed by atoms with Crippen molar-refractivity contribution in [2.75, 3.05) is 14.2 Å². The maximum atomic E-state index is 12.4. The molecule has 0 aliphatic rings. The summed E-state index contributed by atoms with van der Waals surface area (Å²) in [7, 11) is -0.356. The van der Waals surface area contributed by atoms with Gasteiger partial charge in [0.05, 0.1) is 20.0 Å². The van der Waals surface area contributed by atoms with Crippen LogP contribution in [0.2, 0.25) is 0 Å². The van der Waals surface area contributed by atoms with Crippen molar-refractivity contribution in [2.45, 2.75) is 18.7 Å².